The number of aryl methyl sites for hydroxylation is 1. The lowest BCUT2D eigenvalue weighted by atomic mass is 10.0. The molecule has 1 atom stereocenters. The van der Waals surface area contributed by atoms with Gasteiger partial charge in [0.05, 0.1) is 11.6 Å². The summed E-state index contributed by atoms with van der Waals surface area (Å²) < 4.78 is 5.31. The molecule has 1 aliphatic rings. The van der Waals surface area contributed by atoms with Crippen molar-refractivity contribution in [3.63, 3.8) is 0 Å². The Morgan fingerprint density at radius 3 is 3.08 bits per heavy atom. The van der Waals surface area contributed by atoms with E-state index in [1.165, 1.54) is 0 Å². The summed E-state index contributed by atoms with van der Waals surface area (Å²) in [5.74, 6) is 1.03. The molecule has 1 aromatic rings. The summed E-state index contributed by atoms with van der Waals surface area (Å²) in [7, 11) is 0. The minimum absolute atomic E-state index is 0.179. The van der Waals surface area contributed by atoms with Crippen molar-refractivity contribution in [1.29, 1.82) is 0 Å². The predicted molar refractivity (Wildman–Crippen MR) is 49.9 cm³/mol. The van der Waals surface area contributed by atoms with Gasteiger partial charge in [-0.1, -0.05) is 13.0 Å². The van der Waals surface area contributed by atoms with Crippen LogP contribution in [0.2, 0.25) is 0 Å². The summed E-state index contributed by atoms with van der Waals surface area (Å²) >= 11 is 0. The summed E-state index contributed by atoms with van der Waals surface area (Å²) in [4.78, 5) is 0. The number of aromatic hydroxyl groups is 1. The Balaban J connectivity index is 2.56. The molecule has 0 saturated heterocycles. The number of phenols is 1. The highest BCUT2D eigenvalue weighted by atomic mass is 16.5. The van der Waals surface area contributed by atoms with Crippen LogP contribution in [0.1, 0.15) is 24.1 Å². The average molecular weight is 179 g/mol. The molecule has 0 bridgehead atoms. The van der Waals surface area contributed by atoms with E-state index in [0.717, 1.165) is 23.3 Å². The fourth-order valence-corrected chi connectivity index (χ4v) is 1.67. The first-order valence-electron chi connectivity index (χ1n) is 4.47. The molecule has 3 nitrogen and oxygen atoms in total. The highest BCUT2D eigenvalue weighted by Gasteiger charge is 2.25. The normalized spacial score (nSPS) is 19.7. The molecule has 1 aliphatic heterocycles. The Morgan fingerprint density at radius 1 is 1.62 bits per heavy atom. The predicted octanol–water partition coefficient (Wildman–Crippen LogP) is 1.35. The third kappa shape index (κ3) is 1.16. The van der Waals surface area contributed by atoms with Crippen LogP contribution < -0.4 is 10.5 Å². The van der Waals surface area contributed by atoms with Crippen LogP contribution in [0, 0.1) is 0 Å². The van der Waals surface area contributed by atoms with E-state index in [4.69, 9.17) is 10.5 Å². The lowest BCUT2D eigenvalue weighted by Crippen LogP contribution is -2.11. The molecular formula is C10H13NO2. The van der Waals surface area contributed by atoms with Gasteiger partial charge in [-0.15, -0.1) is 0 Å². The van der Waals surface area contributed by atoms with Crippen LogP contribution in [0.5, 0.6) is 11.5 Å². The fraction of sp³-hybridized carbons (Fsp3) is 0.400. The molecule has 0 fully saturated rings. The van der Waals surface area contributed by atoms with Crippen molar-refractivity contribution in [2.75, 3.05) is 6.61 Å². The number of fused-ring (bicyclic) bond motifs is 1. The molecule has 0 radical (unpaired) electrons. The van der Waals surface area contributed by atoms with Gasteiger partial charge in [-0.3, -0.25) is 0 Å². The third-order valence-electron chi connectivity index (χ3n) is 2.43. The fourth-order valence-electron chi connectivity index (χ4n) is 1.67. The second-order valence-corrected chi connectivity index (χ2v) is 3.26. The van der Waals surface area contributed by atoms with Crippen LogP contribution in [0.4, 0.5) is 0 Å². The Labute approximate surface area is 77.1 Å². The highest BCUT2D eigenvalue weighted by molar-refractivity contribution is 5.52. The molecule has 3 heteroatoms. The Morgan fingerprint density at radius 2 is 2.38 bits per heavy atom. The molecule has 0 unspecified atom stereocenters. The maximum Gasteiger partial charge on any atom is 0.128 e. The molecule has 1 aromatic carbocycles. The first-order valence-corrected chi connectivity index (χ1v) is 4.47. The van der Waals surface area contributed by atoms with Gasteiger partial charge in [-0.05, 0) is 18.1 Å². The minimum atomic E-state index is -0.179. The Hall–Kier alpha value is -1.22. The summed E-state index contributed by atoms with van der Waals surface area (Å²) in [5, 5.41) is 9.82. The first-order chi connectivity index (χ1) is 6.24. The van der Waals surface area contributed by atoms with Gasteiger partial charge in [-0.2, -0.15) is 0 Å². The molecule has 3 N–H and O–H groups in total. The molecular weight excluding hydrogens is 166 g/mol. The van der Waals surface area contributed by atoms with Crippen molar-refractivity contribution in [1.82, 2.24) is 0 Å². The van der Waals surface area contributed by atoms with Crippen molar-refractivity contribution in [3.8, 4) is 11.5 Å². The maximum atomic E-state index is 9.82. The number of ether oxygens (including phenoxy) is 1. The van der Waals surface area contributed by atoms with E-state index in [0.29, 0.717) is 12.4 Å². The van der Waals surface area contributed by atoms with Gasteiger partial charge < -0.3 is 15.6 Å². The summed E-state index contributed by atoms with van der Waals surface area (Å²) in [6.07, 6.45) is 0.811. The van der Waals surface area contributed by atoms with Gasteiger partial charge in [0.1, 0.15) is 18.1 Å². The van der Waals surface area contributed by atoms with Crippen LogP contribution in [-0.4, -0.2) is 11.7 Å². The van der Waals surface area contributed by atoms with E-state index in [2.05, 4.69) is 0 Å². The lowest BCUT2D eigenvalue weighted by Gasteiger charge is -2.07. The van der Waals surface area contributed by atoms with Gasteiger partial charge in [0, 0.05) is 0 Å². The largest absolute Gasteiger partial charge is 0.507 e. The zero-order valence-corrected chi connectivity index (χ0v) is 7.58. The molecule has 0 spiro atoms. The maximum absolute atomic E-state index is 9.82. The second-order valence-electron chi connectivity index (χ2n) is 3.26. The molecule has 2 rings (SSSR count). The smallest absolute Gasteiger partial charge is 0.128 e. The van der Waals surface area contributed by atoms with Gasteiger partial charge in [0.2, 0.25) is 0 Å². The standard InChI is InChI=1S/C10H13NO2/c1-2-6-3-4-8-9(10(6)12)7(11)5-13-8/h3-4,7,12H,2,5,11H2,1H3/t7-/m1/s1. The molecule has 0 aromatic heterocycles. The molecule has 0 amide bonds. The number of hydrogen-bond acceptors (Lipinski definition) is 3. The van der Waals surface area contributed by atoms with Gasteiger partial charge in [-0.25, -0.2) is 0 Å². The van der Waals surface area contributed by atoms with Gasteiger partial charge in [0.25, 0.3) is 0 Å². The van der Waals surface area contributed by atoms with Crippen LogP contribution in [0.3, 0.4) is 0 Å². The number of phenolic OH excluding ortho intramolecular Hbond substituents is 1. The minimum Gasteiger partial charge on any atom is -0.507 e. The number of benzene rings is 1. The lowest BCUT2D eigenvalue weighted by molar-refractivity contribution is 0.333. The third-order valence-corrected chi connectivity index (χ3v) is 2.43. The molecule has 0 aliphatic carbocycles. The van der Waals surface area contributed by atoms with Crippen molar-refractivity contribution in [3.05, 3.63) is 23.3 Å². The topological polar surface area (TPSA) is 55.5 Å². The monoisotopic (exact) mass is 179 g/mol. The highest BCUT2D eigenvalue weighted by Crippen LogP contribution is 2.39. The van der Waals surface area contributed by atoms with Crippen LogP contribution in [-0.2, 0) is 6.42 Å². The average Bonchev–Trinajstić information content (AvgIpc) is 2.49. The Bertz CT molecular complexity index is 336. The van der Waals surface area contributed by atoms with Crippen molar-refractivity contribution >= 4 is 0 Å². The number of rotatable bonds is 1. The molecule has 1 heterocycles. The molecule has 13 heavy (non-hydrogen) atoms. The summed E-state index contributed by atoms with van der Waals surface area (Å²) in [6, 6.07) is 3.58. The summed E-state index contributed by atoms with van der Waals surface area (Å²) in [6.45, 7) is 2.47. The molecule has 70 valence electrons. The van der Waals surface area contributed by atoms with Crippen LogP contribution in [0.25, 0.3) is 0 Å². The van der Waals surface area contributed by atoms with Gasteiger partial charge >= 0.3 is 0 Å². The number of nitrogens with two attached hydrogens (primary N) is 1. The van der Waals surface area contributed by atoms with E-state index in [1.807, 2.05) is 19.1 Å². The second kappa shape index (κ2) is 2.92. The van der Waals surface area contributed by atoms with Crippen molar-refractivity contribution in [2.24, 2.45) is 5.73 Å². The first kappa shape index (κ1) is 8.38. The molecule has 0 saturated carbocycles. The van der Waals surface area contributed by atoms with E-state index in [9.17, 15) is 5.11 Å². The van der Waals surface area contributed by atoms with E-state index >= 15 is 0 Å². The van der Waals surface area contributed by atoms with Crippen LogP contribution >= 0.6 is 0 Å². The van der Waals surface area contributed by atoms with Crippen molar-refractivity contribution < 1.29 is 9.84 Å². The van der Waals surface area contributed by atoms with Gasteiger partial charge in [0.15, 0.2) is 0 Å². The number of hydrogen-bond donors (Lipinski definition) is 2. The van der Waals surface area contributed by atoms with Crippen molar-refractivity contribution in [2.45, 2.75) is 19.4 Å². The zero-order chi connectivity index (χ0) is 9.42. The van der Waals surface area contributed by atoms with E-state index in [-0.39, 0.29) is 6.04 Å². The van der Waals surface area contributed by atoms with E-state index < -0.39 is 0 Å². The SMILES string of the molecule is CCc1ccc2c(c1O)[C@H](N)CO2. The van der Waals surface area contributed by atoms with Crippen LogP contribution in [0.15, 0.2) is 12.1 Å². The Kier molecular flexibility index (Phi) is 1.88. The van der Waals surface area contributed by atoms with E-state index in [1.54, 1.807) is 0 Å². The summed E-state index contributed by atoms with van der Waals surface area (Å²) in [5.41, 5.74) is 7.48. The zero-order valence-electron chi connectivity index (χ0n) is 7.58. The quantitative estimate of drug-likeness (QED) is 0.684.